The summed E-state index contributed by atoms with van der Waals surface area (Å²) in [6.07, 6.45) is 0.328. The number of nitrogens with one attached hydrogen (secondary N) is 2. The number of carboxylic acids is 1. The Labute approximate surface area is 158 Å². The summed E-state index contributed by atoms with van der Waals surface area (Å²) in [5.74, 6) is -1.26. The van der Waals surface area contributed by atoms with Crippen molar-refractivity contribution in [3.8, 4) is 0 Å². The van der Waals surface area contributed by atoms with Crippen LogP contribution in [-0.4, -0.2) is 31.9 Å². The average Bonchev–Trinajstić information content (AvgIpc) is 2.60. The van der Waals surface area contributed by atoms with Gasteiger partial charge in [-0.1, -0.05) is 12.1 Å². The first-order valence-electron chi connectivity index (χ1n) is 8.39. The Morgan fingerprint density at radius 2 is 1.70 bits per heavy atom. The van der Waals surface area contributed by atoms with Crippen molar-refractivity contribution < 1.29 is 23.1 Å². The fraction of sp³-hybridized carbons (Fsp3) is 0.263. The number of hydrogen-bond acceptors (Lipinski definition) is 4. The van der Waals surface area contributed by atoms with Crippen LogP contribution in [0, 0.1) is 13.8 Å². The number of sulfonamides is 1. The monoisotopic (exact) mass is 390 g/mol. The van der Waals surface area contributed by atoms with Gasteiger partial charge in [0.15, 0.2) is 0 Å². The number of benzene rings is 2. The molecule has 8 heteroatoms. The maximum absolute atomic E-state index is 12.6. The second kappa shape index (κ2) is 8.68. The normalized spacial score (nSPS) is 11.0. The van der Waals surface area contributed by atoms with Crippen LogP contribution in [0.5, 0.6) is 0 Å². The molecular formula is C19H22N2O5S. The minimum Gasteiger partial charge on any atom is -0.481 e. The Bertz CT molecular complexity index is 937. The van der Waals surface area contributed by atoms with Gasteiger partial charge in [-0.15, -0.1) is 0 Å². The van der Waals surface area contributed by atoms with Gasteiger partial charge >= 0.3 is 5.97 Å². The van der Waals surface area contributed by atoms with Crippen molar-refractivity contribution in [1.82, 2.24) is 5.32 Å². The third kappa shape index (κ3) is 5.82. The van der Waals surface area contributed by atoms with Gasteiger partial charge in [0.2, 0.25) is 0 Å². The molecular weight excluding hydrogens is 368 g/mol. The highest BCUT2D eigenvalue weighted by atomic mass is 32.2. The molecule has 0 aliphatic carbocycles. The molecule has 0 heterocycles. The highest BCUT2D eigenvalue weighted by Crippen LogP contribution is 2.21. The van der Waals surface area contributed by atoms with Crippen LogP contribution in [0.1, 0.15) is 34.3 Å². The number of hydrogen-bond donors (Lipinski definition) is 3. The number of carbonyl (C=O) groups excluding carboxylic acids is 1. The van der Waals surface area contributed by atoms with Gasteiger partial charge in [0.1, 0.15) is 0 Å². The fourth-order valence-electron chi connectivity index (χ4n) is 2.44. The molecule has 27 heavy (non-hydrogen) atoms. The van der Waals surface area contributed by atoms with Gasteiger partial charge in [-0.05, 0) is 61.7 Å². The number of aryl methyl sites for hydroxylation is 2. The Kier molecular flexibility index (Phi) is 6.57. The zero-order chi connectivity index (χ0) is 20.0. The molecule has 2 aromatic carbocycles. The first-order valence-corrected chi connectivity index (χ1v) is 9.87. The van der Waals surface area contributed by atoms with Crippen LogP contribution in [0.25, 0.3) is 0 Å². The first kappa shape index (κ1) is 20.4. The average molecular weight is 390 g/mol. The molecule has 0 aromatic heterocycles. The summed E-state index contributed by atoms with van der Waals surface area (Å²) < 4.78 is 27.7. The van der Waals surface area contributed by atoms with E-state index in [2.05, 4.69) is 10.0 Å². The van der Waals surface area contributed by atoms with Crippen molar-refractivity contribution >= 4 is 27.6 Å². The van der Waals surface area contributed by atoms with Crippen molar-refractivity contribution in [3.05, 3.63) is 59.2 Å². The topological polar surface area (TPSA) is 113 Å². The molecule has 0 unspecified atom stereocenters. The highest BCUT2D eigenvalue weighted by molar-refractivity contribution is 7.92. The molecule has 144 valence electrons. The second-order valence-corrected chi connectivity index (χ2v) is 7.86. The van der Waals surface area contributed by atoms with Gasteiger partial charge in [0.05, 0.1) is 4.90 Å². The van der Waals surface area contributed by atoms with E-state index >= 15 is 0 Å². The highest BCUT2D eigenvalue weighted by Gasteiger charge is 2.17. The lowest BCUT2D eigenvalue weighted by atomic mass is 10.2. The Morgan fingerprint density at radius 1 is 1.04 bits per heavy atom. The smallest absolute Gasteiger partial charge is 0.303 e. The van der Waals surface area contributed by atoms with Crippen LogP contribution in [-0.2, 0) is 14.8 Å². The molecule has 7 nitrogen and oxygen atoms in total. The van der Waals surface area contributed by atoms with Crippen LogP contribution in [0.2, 0.25) is 0 Å². The summed E-state index contributed by atoms with van der Waals surface area (Å²) in [6, 6.07) is 11.2. The van der Waals surface area contributed by atoms with E-state index in [9.17, 15) is 18.0 Å². The molecule has 0 radical (unpaired) electrons. The Morgan fingerprint density at radius 3 is 2.33 bits per heavy atom. The second-order valence-electron chi connectivity index (χ2n) is 6.20. The number of anilines is 1. The van der Waals surface area contributed by atoms with Crippen LogP contribution in [0.4, 0.5) is 5.69 Å². The number of rotatable bonds is 8. The quantitative estimate of drug-likeness (QED) is 0.600. The van der Waals surface area contributed by atoms with Gasteiger partial charge in [-0.25, -0.2) is 8.42 Å². The Balaban J connectivity index is 2.03. The van der Waals surface area contributed by atoms with Crippen molar-refractivity contribution in [1.29, 1.82) is 0 Å². The minimum atomic E-state index is -3.73. The van der Waals surface area contributed by atoms with E-state index in [1.165, 1.54) is 24.3 Å². The first-order chi connectivity index (χ1) is 12.7. The van der Waals surface area contributed by atoms with Gasteiger partial charge < -0.3 is 10.4 Å². The number of amides is 1. The van der Waals surface area contributed by atoms with E-state index < -0.39 is 16.0 Å². The molecule has 0 saturated carbocycles. The lowest BCUT2D eigenvalue weighted by Gasteiger charge is -2.11. The predicted molar refractivity (Wildman–Crippen MR) is 102 cm³/mol. The molecule has 0 bridgehead atoms. The maximum Gasteiger partial charge on any atom is 0.303 e. The summed E-state index contributed by atoms with van der Waals surface area (Å²) >= 11 is 0. The predicted octanol–water partition coefficient (Wildman–Crippen LogP) is 2.70. The van der Waals surface area contributed by atoms with E-state index in [0.29, 0.717) is 23.2 Å². The van der Waals surface area contributed by atoms with Gasteiger partial charge in [0, 0.05) is 24.2 Å². The summed E-state index contributed by atoms with van der Waals surface area (Å²) in [7, 11) is -3.73. The third-order valence-electron chi connectivity index (χ3n) is 3.89. The lowest BCUT2D eigenvalue weighted by molar-refractivity contribution is -0.137. The van der Waals surface area contributed by atoms with Crippen molar-refractivity contribution in [2.24, 2.45) is 0 Å². The molecule has 2 aromatic rings. The summed E-state index contributed by atoms with van der Waals surface area (Å²) in [5.41, 5.74) is 2.19. The number of carbonyl (C=O) groups is 2. The molecule has 0 saturated heterocycles. The molecule has 2 rings (SSSR count). The Hall–Kier alpha value is -2.87. The zero-order valence-corrected chi connectivity index (χ0v) is 16.0. The molecule has 3 N–H and O–H groups in total. The SMILES string of the molecule is Cc1ccc(C)c(S(=O)(=O)Nc2ccc(C(=O)NCCCC(=O)O)cc2)c1. The molecule has 0 aliphatic heterocycles. The van der Waals surface area contributed by atoms with Crippen LogP contribution in [0.15, 0.2) is 47.4 Å². The lowest BCUT2D eigenvalue weighted by Crippen LogP contribution is -2.24. The third-order valence-corrected chi connectivity index (χ3v) is 5.41. The minimum absolute atomic E-state index is 0.0145. The van der Waals surface area contributed by atoms with Crippen molar-refractivity contribution in [2.45, 2.75) is 31.6 Å². The molecule has 0 atom stereocenters. The summed E-state index contributed by atoms with van der Waals surface area (Å²) in [6.45, 7) is 3.81. The van der Waals surface area contributed by atoms with E-state index in [0.717, 1.165) is 5.56 Å². The molecule has 0 spiro atoms. The zero-order valence-electron chi connectivity index (χ0n) is 15.2. The van der Waals surface area contributed by atoms with Crippen LogP contribution in [0.3, 0.4) is 0 Å². The van der Waals surface area contributed by atoms with E-state index in [1.54, 1.807) is 19.1 Å². The fourth-order valence-corrected chi connectivity index (χ4v) is 3.83. The van der Waals surface area contributed by atoms with Crippen molar-refractivity contribution in [3.63, 3.8) is 0 Å². The molecule has 1 amide bonds. The summed E-state index contributed by atoms with van der Waals surface area (Å²) in [5, 5.41) is 11.2. The van der Waals surface area contributed by atoms with Crippen LogP contribution >= 0.6 is 0 Å². The van der Waals surface area contributed by atoms with Gasteiger partial charge in [-0.3, -0.25) is 14.3 Å². The maximum atomic E-state index is 12.6. The van der Waals surface area contributed by atoms with Gasteiger partial charge in [-0.2, -0.15) is 0 Å². The molecule has 0 aliphatic rings. The van der Waals surface area contributed by atoms with Crippen molar-refractivity contribution in [2.75, 3.05) is 11.3 Å². The summed E-state index contributed by atoms with van der Waals surface area (Å²) in [4.78, 5) is 22.6. The number of carboxylic acid groups (broad SMARTS) is 1. The van der Waals surface area contributed by atoms with E-state index in [-0.39, 0.29) is 23.8 Å². The molecule has 0 fully saturated rings. The number of aliphatic carboxylic acids is 1. The largest absolute Gasteiger partial charge is 0.481 e. The van der Waals surface area contributed by atoms with Gasteiger partial charge in [0.25, 0.3) is 15.9 Å². The van der Waals surface area contributed by atoms with E-state index in [4.69, 9.17) is 5.11 Å². The standard InChI is InChI=1S/C19H22N2O5S/c1-13-5-6-14(2)17(12-13)27(25,26)21-16-9-7-15(8-10-16)19(24)20-11-3-4-18(22)23/h5-10,12,21H,3-4,11H2,1-2H3,(H,20,24)(H,22,23). The van der Waals surface area contributed by atoms with Crippen LogP contribution < -0.4 is 10.0 Å². The van der Waals surface area contributed by atoms with E-state index in [1.807, 2.05) is 13.0 Å².